The molecule has 1 atom stereocenters. The zero-order valence-corrected chi connectivity index (χ0v) is 14.8. The Balaban J connectivity index is 2.11. The normalized spacial score (nSPS) is 13.9. The number of halogens is 1. The lowest BCUT2D eigenvalue weighted by Crippen LogP contribution is -2.43. The number of aryl methyl sites for hydroxylation is 1. The summed E-state index contributed by atoms with van der Waals surface area (Å²) in [6.07, 6.45) is 4.08. The Morgan fingerprint density at radius 3 is 2.61 bits per heavy atom. The fourth-order valence-electron chi connectivity index (χ4n) is 2.51. The molecule has 1 unspecified atom stereocenters. The number of hydrogen-bond donors (Lipinski definition) is 1. The van der Waals surface area contributed by atoms with Gasteiger partial charge >= 0.3 is 0 Å². The molecule has 2 heterocycles. The van der Waals surface area contributed by atoms with E-state index in [1.807, 2.05) is 19.9 Å². The highest BCUT2D eigenvalue weighted by atomic mass is 35.5. The van der Waals surface area contributed by atoms with Gasteiger partial charge in [0.05, 0.1) is 5.69 Å². The van der Waals surface area contributed by atoms with Crippen LogP contribution in [0.15, 0.2) is 24.7 Å². The lowest BCUT2D eigenvalue weighted by Gasteiger charge is -2.26. The fourth-order valence-corrected chi connectivity index (χ4v) is 2.73. The van der Waals surface area contributed by atoms with Crippen molar-refractivity contribution in [2.75, 3.05) is 6.61 Å². The molecule has 2 aromatic rings. The predicted octanol–water partition coefficient (Wildman–Crippen LogP) is 3.64. The summed E-state index contributed by atoms with van der Waals surface area (Å²) in [6, 6.07) is 3.68. The number of nitrogens with zero attached hydrogens (tertiary/aromatic N) is 3. The second kappa shape index (κ2) is 7.23. The van der Waals surface area contributed by atoms with Crippen molar-refractivity contribution >= 4 is 11.6 Å². The molecule has 0 spiro atoms. The van der Waals surface area contributed by atoms with Crippen molar-refractivity contribution in [2.24, 2.45) is 11.7 Å². The third kappa shape index (κ3) is 5.15. The second-order valence-corrected chi connectivity index (χ2v) is 7.00. The number of hydrogen-bond acceptors (Lipinski definition) is 5. The van der Waals surface area contributed by atoms with Crippen LogP contribution in [-0.2, 0) is 0 Å². The molecular weight excluding hydrogens is 312 g/mol. The van der Waals surface area contributed by atoms with Crippen LogP contribution in [0.5, 0.6) is 5.88 Å². The van der Waals surface area contributed by atoms with E-state index in [0.717, 1.165) is 23.4 Å². The molecule has 2 rings (SSSR count). The van der Waals surface area contributed by atoms with E-state index < -0.39 is 5.54 Å². The van der Waals surface area contributed by atoms with Gasteiger partial charge in [0.15, 0.2) is 0 Å². The van der Waals surface area contributed by atoms with E-state index in [1.54, 1.807) is 12.3 Å². The minimum absolute atomic E-state index is 0.365. The smallest absolute Gasteiger partial charge is 0.232 e. The summed E-state index contributed by atoms with van der Waals surface area (Å²) in [4.78, 5) is 12.6. The Hall–Kier alpha value is -1.72. The molecule has 2 aromatic heterocycles. The maximum absolute atomic E-state index is 6.28. The van der Waals surface area contributed by atoms with Crippen molar-refractivity contribution in [1.29, 1.82) is 0 Å². The molecule has 5 nitrogen and oxygen atoms in total. The first-order valence-electron chi connectivity index (χ1n) is 7.63. The van der Waals surface area contributed by atoms with Gasteiger partial charge in [-0.15, -0.1) is 0 Å². The van der Waals surface area contributed by atoms with Crippen molar-refractivity contribution < 1.29 is 4.74 Å². The lowest BCUT2D eigenvalue weighted by atomic mass is 9.93. The van der Waals surface area contributed by atoms with Gasteiger partial charge in [0.1, 0.15) is 18.0 Å². The number of nitrogens with two attached hydrogens (primary N) is 1. The van der Waals surface area contributed by atoms with Gasteiger partial charge in [-0.3, -0.25) is 0 Å². The lowest BCUT2D eigenvalue weighted by molar-refractivity contribution is 0.201. The molecule has 124 valence electrons. The molecule has 0 amide bonds. The number of pyridine rings is 1. The quantitative estimate of drug-likeness (QED) is 0.872. The Morgan fingerprint density at radius 2 is 2.00 bits per heavy atom. The van der Waals surface area contributed by atoms with E-state index in [0.29, 0.717) is 23.4 Å². The molecule has 0 bridgehead atoms. The molecule has 0 aromatic carbocycles. The molecular formula is C17H23ClN4O. The molecule has 0 aliphatic rings. The van der Waals surface area contributed by atoms with E-state index in [1.165, 1.54) is 6.33 Å². The first kappa shape index (κ1) is 17.6. The van der Waals surface area contributed by atoms with E-state index >= 15 is 0 Å². The second-order valence-electron chi connectivity index (χ2n) is 6.60. The van der Waals surface area contributed by atoms with E-state index in [2.05, 4.69) is 28.8 Å². The molecule has 6 heteroatoms. The molecule has 0 saturated carbocycles. The summed E-state index contributed by atoms with van der Waals surface area (Å²) in [7, 11) is 0. The van der Waals surface area contributed by atoms with Crippen LogP contribution in [-0.4, -0.2) is 27.1 Å². The zero-order valence-electron chi connectivity index (χ0n) is 14.0. The third-order valence-corrected chi connectivity index (χ3v) is 3.59. The zero-order chi connectivity index (χ0) is 17.0. The van der Waals surface area contributed by atoms with Crippen LogP contribution >= 0.6 is 11.6 Å². The van der Waals surface area contributed by atoms with E-state index in [4.69, 9.17) is 22.1 Å². The van der Waals surface area contributed by atoms with Gasteiger partial charge in [-0.1, -0.05) is 25.4 Å². The minimum atomic E-state index is -0.415. The highest BCUT2D eigenvalue weighted by Gasteiger charge is 2.22. The summed E-state index contributed by atoms with van der Waals surface area (Å²) in [6.45, 7) is 8.51. The molecule has 0 aliphatic carbocycles. The van der Waals surface area contributed by atoms with Crippen LogP contribution in [0.3, 0.4) is 0 Å². The number of rotatable bonds is 6. The Bertz CT molecular complexity index is 673. The molecule has 2 N–H and O–H groups in total. The van der Waals surface area contributed by atoms with Gasteiger partial charge in [-0.25, -0.2) is 15.0 Å². The van der Waals surface area contributed by atoms with Crippen molar-refractivity contribution in [3.63, 3.8) is 0 Å². The van der Waals surface area contributed by atoms with Crippen LogP contribution in [0, 0.1) is 12.8 Å². The van der Waals surface area contributed by atoms with Crippen LogP contribution in [0.1, 0.15) is 32.9 Å². The Morgan fingerprint density at radius 1 is 1.26 bits per heavy atom. The number of ether oxygens (including phenoxy) is 1. The monoisotopic (exact) mass is 334 g/mol. The Kier molecular flexibility index (Phi) is 5.55. The third-order valence-electron chi connectivity index (χ3n) is 3.32. The average Bonchev–Trinajstić information content (AvgIpc) is 2.44. The fraction of sp³-hybridized carbons (Fsp3) is 0.471. The standard InChI is InChI=1S/C17H23ClN4O/c1-11(2)7-17(4,19)9-23-16-14(18)6-13(8-20-16)15-5-12(3)21-10-22-15/h5-6,8,10-11H,7,9,19H2,1-4H3. The van der Waals surface area contributed by atoms with Crippen LogP contribution < -0.4 is 10.5 Å². The highest BCUT2D eigenvalue weighted by Crippen LogP contribution is 2.28. The van der Waals surface area contributed by atoms with E-state index in [-0.39, 0.29) is 0 Å². The van der Waals surface area contributed by atoms with Gasteiger partial charge < -0.3 is 10.5 Å². The molecule has 0 radical (unpaired) electrons. The summed E-state index contributed by atoms with van der Waals surface area (Å²) in [5.41, 5.74) is 8.32. The molecule has 0 aliphatic heterocycles. The largest absolute Gasteiger partial charge is 0.475 e. The molecule has 0 fully saturated rings. The van der Waals surface area contributed by atoms with Crippen LogP contribution in [0.2, 0.25) is 5.02 Å². The summed E-state index contributed by atoms with van der Waals surface area (Å²) in [5.74, 6) is 0.891. The molecule has 23 heavy (non-hydrogen) atoms. The van der Waals surface area contributed by atoms with Gasteiger partial charge in [-0.05, 0) is 38.3 Å². The summed E-state index contributed by atoms with van der Waals surface area (Å²) >= 11 is 6.28. The maximum atomic E-state index is 6.28. The predicted molar refractivity (Wildman–Crippen MR) is 92.6 cm³/mol. The molecule has 0 saturated heterocycles. The topological polar surface area (TPSA) is 73.9 Å². The van der Waals surface area contributed by atoms with Gasteiger partial charge in [0.25, 0.3) is 0 Å². The van der Waals surface area contributed by atoms with Gasteiger partial charge in [0.2, 0.25) is 5.88 Å². The summed E-state index contributed by atoms with van der Waals surface area (Å²) in [5, 5.41) is 0.444. The minimum Gasteiger partial charge on any atom is -0.475 e. The van der Waals surface area contributed by atoms with E-state index in [9.17, 15) is 0 Å². The average molecular weight is 335 g/mol. The van der Waals surface area contributed by atoms with Crippen molar-refractivity contribution in [3.8, 4) is 17.1 Å². The Labute approximate surface area is 142 Å². The van der Waals surface area contributed by atoms with Crippen molar-refractivity contribution in [2.45, 2.75) is 39.7 Å². The first-order chi connectivity index (χ1) is 10.8. The first-order valence-corrected chi connectivity index (χ1v) is 8.01. The summed E-state index contributed by atoms with van der Waals surface area (Å²) < 4.78 is 5.72. The van der Waals surface area contributed by atoms with Gasteiger partial charge in [0, 0.05) is 23.0 Å². The SMILES string of the molecule is Cc1cc(-c2cnc(OCC(C)(N)CC(C)C)c(Cl)c2)ncn1. The van der Waals surface area contributed by atoms with Crippen molar-refractivity contribution in [3.05, 3.63) is 35.4 Å². The van der Waals surface area contributed by atoms with Crippen LogP contribution in [0.25, 0.3) is 11.3 Å². The maximum Gasteiger partial charge on any atom is 0.232 e. The van der Waals surface area contributed by atoms with Gasteiger partial charge in [-0.2, -0.15) is 0 Å². The highest BCUT2D eigenvalue weighted by molar-refractivity contribution is 6.32. The number of aromatic nitrogens is 3. The van der Waals surface area contributed by atoms with Crippen LogP contribution in [0.4, 0.5) is 0 Å². The van der Waals surface area contributed by atoms with Crippen molar-refractivity contribution in [1.82, 2.24) is 15.0 Å².